The first-order valence-electron chi connectivity index (χ1n) is 9.15. The Hall–Kier alpha value is -3.29. The SMILES string of the molecule is Nn1c(SCC(=O)Nc2ccc(-c3ccccc3)cc2)nnc1-c1cccc(Cl)c1. The molecule has 4 rings (SSSR count). The number of nitrogens with one attached hydrogen (secondary N) is 1. The molecule has 1 heterocycles. The molecule has 1 aromatic heterocycles. The van der Waals surface area contributed by atoms with E-state index in [0.717, 1.165) is 22.4 Å². The Morgan fingerprint density at radius 3 is 2.37 bits per heavy atom. The molecule has 4 aromatic rings. The number of nitrogens with two attached hydrogens (primary N) is 1. The van der Waals surface area contributed by atoms with E-state index in [9.17, 15) is 4.79 Å². The van der Waals surface area contributed by atoms with E-state index in [2.05, 4.69) is 15.5 Å². The number of thioether (sulfide) groups is 1. The lowest BCUT2D eigenvalue weighted by molar-refractivity contribution is -0.113. The lowest BCUT2D eigenvalue weighted by atomic mass is 10.1. The lowest BCUT2D eigenvalue weighted by Gasteiger charge is -2.07. The number of anilines is 1. The van der Waals surface area contributed by atoms with Crippen molar-refractivity contribution in [2.24, 2.45) is 0 Å². The zero-order valence-electron chi connectivity index (χ0n) is 15.8. The Morgan fingerprint density at radius 1 is 0.933 bits per heavy atom. The van der Waals surface area contributed by atoms with Gasteiger partial charge in [-0.3, -0.25) is 4.79 Å². The zero-order chi connectivity index (χ0) is 20.9. The molecule has 0 spiro atoms. The van der Waals surface area contributed by atoms with E-state index < -0.39 is 0 Å². The Labute approximate surface area is 183 Å². The summed E-state index contributed by atoms with van der Waals surface area (Å²) in [4.78, 5) is 12.3. The first-order chi connectivity index (χ1) is 14.6. The van der Waals surface area contributed by atoms with Crippen LogP contribution in [-0.4, -0.2) is 26.5 Å². The summed E-state index contributed by atoms with van der Waals surface area (Å²) in [5, 5.41) is 12.1. The minimum atomic E-state index is -0.153. The Morgan fingerprint density at radius 2 is 1.63 bits per heavy atom. The molecule has 0 saturated carbocycles. The molecule has 0 aliphatic carbocycles. The maximum absolute atomic E-state index is 12.3. The van der Waals surface area contributed by atoms with E-state index in [4.69, 9.17) is 17.4 Å². The van der Waals surface area contributed by atoms with Gasteiger partial charge < -0.3 is 11.2 Å². The second kappa shape index (κ2) is 9.02. The molecule has 8 heteroatoms. The van der Waals surface area contributed by atoms with Gasteiger partial charge in [-0.1, -0.05) is 78.0 Å². The molecule has 0 aliphatic rings. The predicted molar refractivity (Wildman–Crippen MR) is 122 cm³/mol. The molecule has 0 bridgehead atoms. The smallest absolute Gasteiger partial charge is 0.234 e. The minimum absolute atomic E-state index is 0.153. The van der Waals surface area contributed by atoms with Crippen molar-refractivity contribution in [2.45, 2.75) is 5.16 Å². The molecular weight excluding hydrogens is 418 g/mol. The molecule has 6 nitrogen and oxygen atoms in total. The van der Waals surface area contributed by atoms with Gasteiger partial charge in [-0.15, -0.1) is 10.2 Å². The van der Waals surface area contributed by atoms with Crippen LogP contribution < -0.4 is 11.2 Å². The Bertz CT molecular complexity index is 1160. The van der Waals surface area contributed by atoms with Gasteiger partial charge in [0.15, 0.2) is 5.82 Å². The summed E-state index contributed by atoms with van der Waals surface area (Å²) in [6.07, 6.45) is 0. The van der Waals surface area contributed by atoms with Crippen LogP contribution in [0.3, 0.4) is 0 Å². The van der Waals surface area contributed by atoms with E-state index >= 15 is 0 Å². The molecule has 3 aromatic carbocycles. The summed E-state index contributed by atoms with van der Waals surface area (Å²) >= 11 is 7.24. The number of benzene rings is 3. The summed E-state index contributed by atoms with van der Waals surface area (Å²) in [6.45, 7) is 0. The number of hydrogen-bond donors (Lipinski definition) is 2. The third kappa shape index (κ3) is 4.64. The van der Waals surface area contributed by atoms with Crippen LogP contribution in [-0.2, 0) is 4.79 Å². The average Bonchev–Trinajstić information content (AvgIpc) is 3.14. The van der Waals surface area contributed by atoms with Gasteiger partial charge in [-0.05, 0) is 35.4 Å². The monoisotopic (exact) mass is 435 g/mol. The van der Waals surface area contributed by atoms with Crippen molar-refractivity contribution < 1.29 is 4.79 Å². The predicted octanol–water partition coefficient (Wildman–Crippen LogP) is 4.71. The molecule has 0 unspecified atom stereocenters. The second-order valence-corrected chi connectivity index (χ2v) is 7.85. The van der Waals surface area contributed by atoms with Gasteiger partial charge in [0.1, 0.15) is 0 Å². The molecule has 0 atom stereocenters. The first-order valence-corrected chi connectivity index (χ1v) is 10.5. The molecule has 0 aliphatic heterocycles. The van der Waals surface area contributed by atoms with Crippen molar-refractivity contribution in [3.63, 3.8) is 0 Å². The van der Waals surface area contributed by atoms with Gasteiger partial charge in [-0.25, -0.2) is 4.68 Å². The fraction of sp³-hybridized carbons (Fsp3) is 0.0455. The number of nitrogens with zero attached hydrogens (tertiary/aromatic N) is 3. The van der Waals surface area contributed by atoms with Crippen LogP contribution in [0.4, 0.5) is 5.69 Å². The van der Waals surface area contributed by atoms with Gasteiger partial charge >= 0.3 is 0 Å². The average molecular weight is 436 g/mol. The summed E-state index contributed by atoms with van der Waals surface area (Å²) in [5.41, 5.74) is 3.71. The largest absolute Gasteiger partial charge is 0.335 e. The molecule has 0 saturated heterocycles. The maximum atomic E-state index is 12.3. The number of carbonyl (C=O) groups is 1. The van der Waals surface area contributed by atoms with E-state index in [0.29, 0.717) is 16.0 Å². The van der Waals surface area contributed by atoms with Crippen molar-refractivity contribution in [1.29, 1.82) is 0 Å². The van der Waals surface area contributed by atoms with E-state index in [-0.39, 0.29) is 11.7 Å². The number of amides is 1. The van der Waals surface area contributed by atoms with Crippen LogP contribution in [0.25, 0.3) is 22.5 Å². The van der Waals surface area contributed by atoms with Crippen LogP contribution in [0.2, 0.25) is 5.02 Å². The van der Waals surface area contributed by atoms with Crippen LogP contribution >= 0.6 is 23.4 Å². The highest BCUT2D eigenvalue weighted by Crippen LogP contribution is 2.24. The molecule has 0 fully saturated rings. The van der Waals surface area contributed by atoms with Crippen LogP contribution in [0, 0.1) is 0 Å². The molecule has 30 heavy (non-hydrogen) atoms. The zero-order valence-corrected chi connectivity index (χ0v) is 17.4. The van der Waals surface area contributed by atoms with Crippen molar-refractivity contribution >= 4 is 35.0 Å². The fourth-order valence-corrected chi connectivity index (χ4v) is 3.75. The van der Waals surface area contributed by atoms with Gasteiger partial charge in [0.05, 0.1) is 5.75 Å². The molecular formula is C22H18ClN5OS. The topological polar surface area (TPSA) is 85.8 Å². The van der Waals surface area contributed by atoms with Crippen molar-refractivity contribution in [2.75, 3.05) is 16.9 Å². The third-order valence-corrected chi connectivity index (χ3v) is 5.53. The standard InChI is InChI=1S/C22H18ClN5OS/c23-18-8-4-7-17(13-18)21-26-27-22(28(21)24)30-14-20(29)25-19-11-9-16(10-12-19)15-5-2-1-3-6-15/h1-13H,14,24H2,(H,25,29). The molecule has 150 valence electrons. The number of rotatable bonds is 6. The second-order valence-electron chi connectivity index (χ2n) is 6.47. The molecule has 1 amide bonds. The van der Waals surface area contributed by atoms with Crippen LogP contribution in [0.15, 0.2) is 84.0 Å². The number of hydrogen-bond acceptors (Lipinski definition) is 5. The number of nitrogen functional groups attached to an aromatic ring is 1. The van der Waals surface area contributed by atoms with E-state index in [1.807, 2.05) is 66.7 Å². The number of aromatic nitrogens is 3. The minimum Gasteiger partial charge on any atom is -0.335 e. The van der Waals surface area contributed by atoms with E-state index in [1.165, 1.54) is 16.4 Å². The Kier molecular flexibility index (Phi) is 6.02. The van der Waals surface area contributed by atoms with Crippen molar-refractivity contribution in [3.05, 3.63) is 83.9 Å². The van der Waals surface area contributed by atoms with E-state index in [1.54, 1.807) is 12.1 Å². The lowest BCUT2D eigenvalue weighted by Crippen LogP contribution is -2.16. The first kappa shape index (κ1) is 20.0. The van der Waals surface area contributed by atoms with Gasteiger partial charge in [0, 0.05) is 16.3 Å². The van der Waals surface area contributed by atoms with Crippen molar-refractivity contribution in [3.8, 4) is 22.5 Å². The van der Waals surface area contributed by atoms with Crippen molar-refractivity contribution in [1.82, 2.24) is 14.9 Å². The highest BCUT2D eigenvalue weighted by Gasteiger charge is 2.14. The number of halogens is 1. The highest BCUT2D eigenvalue weighted by atomic mass is 35.5. The quantitative estimate of drug-likeness (QED) is 0.338. The molecule has 3 N–H and O–H groups in total. The normalized spacial score (nSPS) is 10.7. The summed E-state index contributed by atoms with van der Waals surface area (Å²) in [6, 6.07) is 25.0. The summed E-state index contributed by atoms with van der Waals surface area (Å²) in [5.74, 6) is 6.58. The summed E-state index contributed by atoms with van der Waals surface area (Å²) in [7, 11) is 0. The third-order valence-electron chi connectivity index (χ3n) is 4.36. The van der Waals surface area contributed by atoms with Crippen LogP contribution in [0.5, 0.6) is 0 Å². The molecule has 0 radical (unpaired) electrons. The van der Waals surface area contributed by atoms with Gasteiger partial charge in [0.25, 0.3) is 0 Å². The van der Waals surface area contributed by atoms with Crippen LogP contribution in [0.1, 0.15) is 0 Å². The van der Waals surface area contributed by atoms with Gasteiger partial charge in [0.2, 0.25) is 11.1 Å². The maximum Gasteiger partial charge on any atom is 0.234 e. The Balaban J connectivity index is 1.36. The van der Waals surface area contributed by atoms with Gasteiger partial charge in [-0.2, -0.15) is 0 Å². The number of carbonyl (C=O) groups excluding carboxylic acids is 1. The summed E-state index contributed by atoms with van der Waals surface area (Å²) < 4.78 is 1.36. The highest BCUT2D eigenvalue weighted by molar-refractivity contribution is 7.99. The fourth-order valence-electron chi connectivity index (χ4n) is 2.90.